The van der Waals surface area contributed by atoms with Crippen LogP contribution in [0, 0.1) is 5.82 Å². The summed E-state index contributed by atoms with van der Waals surface area (Å²) in [5.41, 5.74) is 1.46. The van der Waals surface area contributed by atoms with Gasteiger partial charge in [-0.25, -0.2) is 17.6 Å². The highest BCUT2D eigenvalue weighted by atomic mass is 32.2. The van der Waals surface area contributed by atoms with Gasteiger partial charge in [0.05, 0.1) is 30.6 Å². The van der Waals surface area contributed by atoms with E-state index in [1.54, 1.807) is 30.5 Å². The van der Waals surface area contributed by atoms with Crippen LogP contribution in [0.5, 0.6) is 5.75 Å². The number of furan rings is 1. The number of hydrogen-bond acceptors (Lipinski definition) is 7. The summed E-state index contributed by atoms with van der Waals surface area (Å²) in [4.78, 5) is 14.8. The van der Waals surface area contributed by atoms with Gasteiger partial charge in [0.25, 0.3) is 10.0 Å². The average molecular weight is 529 g/mol. The molecule has 0 fully saturated rings. The lowest BCUT2D eigenvalue weighted by Crippen LogP contribution is -2.22. The standard InChI is InChI=1S/C27H29FN2O6S/c1-4-30(5-2)14-6-7-18-17-19(28)8-11-24(18)37(32,33)29-22-10-9-21-20-12-15-35-23(20)13-16-36-26(21)25(22)27(31)34-3/h6-12,15,17,29H,4-5,13-14,16H2,1-3H3. The second-order valence-electron chi connectivity index (χ2n) is 8.39. The van der Waals surface area contributed by atoms with Crippen molar-refractivity contribution in [2.45, 2.75) is 25.2 Å². The number of hydrogen-bond donors (Lipinski definition) is 1. The van der Waals surface area contributed by atoms with E-state index in [0.717, 1.165) is 30.8 Å². The van der Waals surface area contributed by atoms with Gasteiger partial charge >= 0.3 is 5.97 Å². The number of likely N-dealkylation sites (N-methyl/N-ethyl adjacent to an activating group) is 1. The molecule has 0 atom stereocenters. The summed E-state index contributed by atoms with van der Waals surface area (Å²) in [6.45, 7) is 6.52. The lowest BCUT2D eigenvalue weighted by molar-refractivity contribution is 0.0597. The Morgan fingerprint density at radius 1 is 1.16 bits per heavy atom. The highest BCUT2D eigenvalue weighted by Gasteiger charge is 2.29. The minimum atomic E-state index is -4.24. The van der Waals surface area contributed by atoms with Gasteiger partial charge in [0.1, 0.15) is 22.9 Å². The molecular formula is C27H29FN2O6S. The Morgan fingerprint density at radius 3 is 2.68 bits per heavy atom. The number of halogens is 1. The second kappa shape index (κ2) is 11.2. The molecule has 0 saturated heterocycles. The number of esters is 1. The van der Waals surface area contributed by atoms with Crippen molar-refractivity contribution in [2.24, 2.45) is 0 Å². The maximum absolute atomic E-state index is 14.1. The molecule has 0 radical (unpaired) electrons. The zero-order chi connectivity index (χ0) is 26.6. The molecule has 0 bridgehead atoms. The number of carbonyl (C=O) groups excluding carboxylic acids is 1. The Kier molecular flexibility index (Phi) is 7.99. The highest BCUT2D eigenvalue weighted by Crippen LogP contribution is 2.42. The van der Waals surface area contributed by atoms with Crippen LogP contribution in [0.1, 0.15) is 35.5 Å². The first-order chi connectivity index (χ1) is 17.8. The summed E-state index contributed by atoms with van der Waals surface area (Å²) in [5, 5.41) is 0. The number of benzene rings is 2. The van der Waals surface area contributed by atoms with Gasteiger partial charge in [-0.05, 0) is 55.1 Å². The Labute approximate surface area is 215 Å². The van der Waals surface area contributed by atoms with Crippen molar-refractivity contribution in [2.75, 3.05) is 38.1 Å². The minimum Gasteiger partial charge on any atom is -0.491 e. The van der Waals surface area contributed by atoms with Gasteiger partial charge in [-0.15, -0.1) is 0 Å². The van der Waals surface area contributed by atoms with Crippen molar-refractivity contribution in [3.05, 3.63) is 71.4 Å². The van der Waals surface area contributed by atoms with Crippen LogP contribution < -0.4 is 9.46 Å². The number of carbonyl (C=O) groups is 1. The fourth-order valence-corrected chi connectivity index (χ4v) is 5.51. The van der Waals surface area contributed by atoms with Crippen LogP contribution in [0.3, 0.4) is 0 Å². The van der Waals surface area contributed by atoms with Gasteiger partial charge in [0.15, 0.2) is 0 Å². The first kappa shape index (κ1) is 26.4. The highest BCUT2D eigenvalue weighted by molar-refractivity contribution is 7.92. The molecule has 10 heteroatoms. The summed E-state index contributed by atoms with van der Waals surface area (Å²) in [5.74, 6) is -0.424. The van der Waals surface area contributed by atoms with E-state index < -0.39 is 21.8 Å². The molecule has 37 heavy (non-hydrogen) atoms. The molecule has 8 nitrogen and oxygen atoms in total. The molecule has 0 amide bonds. The summed E-state index contributed by atoms with van der Waals surface area (Å²) in [6.07, 6.45) is 5.41. The smallest absolute Gasteiger partial charge is 0.343 e. The lowest BCUT2D eigenvalue weighted by Gasteiger charge is -2.18. The molecule has 3 aromatic rings. The van der Waals surface area contributed by atoms with Crippen molar-refractivity contribution >= 4 is 27.8 Å². The van der Waals surface area contributed by atoms with Gasteiger partial charge in [-0.3, -0.25) is 4.72 Å². The molecule has 2 aromatic carbocycles. The molecule has 4 rings (SSSR count). The first-order valence-electron chi connectivity index (χ1n) is 11.9. The molecule has 1 aliphatic rings. The zero-order valence-electron chi connectivity index (χ0n) is 20.9. The van der Waals surface area contributed by atoms with E-state index in [9.17, 15) is 17.6 Å². The molecule has 0 aliphatic carbocycles. The van der Waals surface area contributed by atoms with Crippen LogP contribution in [-0.2, 0) is 21.2 Å². The molecule has 1 aromatic heterocycles. The molecule has 0 saturated carbocycles. The van der Waals surface area contributed by atoms with Gasteiger partial charge in [0.2, 0.25) is 0 Å². The van der Waals surface area contributed by atoms with E-state index in [-0.39, 0.29) is 34.1 Å². The van der Waals surface area contributed by atoms with E-state index >= 15 is 0 Å². The number of sulfonamides is 1. The fourth-order valence-electron chi connectivity index (χ4n) is 4.26. The fraction of sp³-hybridized carbons (Fsp3) is 0.296. The van der Waals surface area contributed by atoms with E-state index in [4.69, 9.17) is 13.9 Å². The van der Waals surface area contributed by atoms with Crippen LogP contribution in [0.4, 0.5) is 10.1 Å². The van der Waals surface area contributed by atoms with E-state index in [1.165, 1.54) is 19.2 Å². The number of ether oxygens (including phenoxy) is 2. The third-order valence-corrected chi connectivity index (χ3v) is 7.66. The zero-order valence-corrected chi connectivity index (χ0v) is 21.7. The van der Waals surface area contributed by atoms with E-state index in [1.807, 2.05) is 13.8 Å². The summed E-state index contributed by atoms with van der Waals surface area (Å²) < 4.78 is 60.0. The van der Waals surface area contributed by atoms with Crippen molar-refractivity contribution in [1.82, 2.24) is 4.90 Å². The summed E-state index contributed by atoms with van der Waals surface area (Å²) >= 11 is 0. The molecule has 2 heterocycles. The first-order valence-corrected chi connectivity index (χ1v) is 13.4. The maximum atomic E-state index is 14.1. The SMILES string of the molecule is CCN(CC)CC=Cc1cc(F)ccc1S(=O)(=O)Nc1ccc2c(c1C(=O)OC)OCCc1occc1-2. The van der Waals surface area contributed by atoms with Gasteiger partial charge in [-0.1, -0.05) is 26.0 Å². The van der Waals surface area contributed by atoms with Crippen LogP contribution in [-0.4, -0.2) is 52.6 Å². The van der Waals surface area contributed by atoms with Gasteiger partial charge in [-0.2, -0.15) is 0 Å². The Balaban J connectivity index is 1.75. The Morgan fingerprint density at radius 2 is 1.95 bits per heavy atom. The summed E-state index contributed by atoms with van der Waals surface area (Å²) in [7, 11) is -3.03. The predicted molar refractivity (Wildman–Crippen MR) is 139 cm³/mol. The van der Waals surface area contributed by atoms with Crippen molar-refractivity contribution in [3.63, 3.8) is 0 Å². The number of rotatable bonds is 9. The average Bonchev–Trinajstić information content (AvgIpc) is 3.27. The largest absolute Gasteiger partial charge is 0.491 e. The monoisotopic (exact) mass is 528 g/mol. The predicted octanol–water partition coefficient (Wildman–Crippen LogP) is 4.96. The van der Waals surface area contributed by atoms with Gasteiger partial charge in [0, 0.05) is 24.1 Å². The molecular weight excluding hydrogens is 499 g/mol. The van der Waals surface area contributed by atoms with Crippen LogP contribution >= 0.6 is 0 Å². The Bertz CT molecular complexity index is 1430. The number of nitrogens with one attached hydrogen (secondary N) is 1. The molecule has 0 spiro atoms. The van der Waals surface area contributed by atoms with Gasteiger partial charge < -0.3 is 18.8 Å². The van der Waals surface area contributed by atoms with Crippen molar-refractivity contribution in [3.8, 4) is 16.9 Å². The lowest BCUT2D eigenvalue weighted by atomic mass is 10.0. The molecule has 1 N–H and O–H groups in total. The van der Waals surface area contributed by atoms with Crippen LogP contribution in [0.2, 0.25) is 0 Å². The third-order valence-electron chi connectivity index (χ3n) is 6.22. The van der Waals surface area contributed by atoms with Crippen molar-refractivity contribution in [1.29, 1.82) is 0 Å². The van der Waals surface area contributed by atoms with Crippen molar-refractivity contribution < 1.29 is 31.5 Å². The Hall–Kier alpha value is -3.63. The topological polar surface area (TPSA) is 98.1 Å². The number of fused-ring (bicyclic) bond motifs is 3. The van der Waals surface area contributed by atoms with E-state index in [2.05, 4.69) is 9.62 Å². The normalized spacial score (nSPS) is 13.1. The van der Waals surface area contributed by atoms with Crippen LogP contribution in [0.15, 0.2) is 58.1 Å². The number of anilines is 1. The third kappa shape index (κ3) is 5.55. The summed E-state index contributed by atoms with van der Waals surface area (Å²) in [6, 6.07) is 8.35. The molecule has 196 valence electrons. The minimum absolute atomic E-state index is 0.0139. The molecule has 0 unspecified atom stereocenters. The second-order valence-corrected chi connectivity index (χ2v) is 10.0. The van der Waals surface area contributed by atoms with E-state index in [0.29, 0.717) is 24.3 Å². The quantitative estimate of drug-likeness (QED) is 0.392. The maximum Gasteiger partial charge on any atom is 0.343 e. The number of methoxy groups -OCH3 is 1. The molecule has 1 aliphatic heterocycles. The number of nitrogens with zero attached hydrogens (tertiary/aromatic N) is 1. The van der Waals surface area contributed by atoms with Crippen LogP contribution in [0.25, 0.3) is 17.2 Å².